The van der Waals surface area contributed by atoms with Gasteiger partial charge in [0.1, 0.15) is 11.6 Å². The molecule has 1 atom stereocenters. The van der Waals surface area contributed by atoms with Gasteiger partial charge in [0, 0.05) is 13.0 Å². The number of benzene rings is 1. The molecule has 3 N–H and O–H groups in total. The SMILES string of the molecule is CCOC(=O)[C@H](Cc1cccc(CN)c1)NC(=O)OC(C)(C)C. The second kappa shape index (κ2) is 8.53. The Labute approximate surface area is 137 Å². The van der Waals surface area contributed by atoms with Gasteiger partial charge < -0.3 is 20.5 Å². The molecule has 0 heterocycles. The summed E-state index contributed by atoms with van der Waals surface area (Å²) in [6.07, 6.45) is -0.336. The summed E-state index contributed by atoms with van der Waals surface area (Å²) in [6, 6.07) is 6.75. The van der Waals surface area contributed by atoms with E-state index in [9.17, 15) is 9.59 Å². The van der Waals surface area contributed by atoms with Crippen molar-refractivity contribution < 1.29 is 19.1 Å². The molecule has 0 fully saturated rings. The van der Waals surface area contributed by atoms with Crippen LogP contribution in [0, 0.1) is 0 Å². The number of hydrogen-bond acceptors (Lipinski definition) is 5. The largest absolute Gasteiger partial charge is 0.464 e. The number of esters is 1. The topological polar surface area (TPSA) is 90.6 Å². The summed E-state index contributed by atoms with van der Waals surface area (Å²) in [5.74, 6) is -0.489. The molecule has 1 rings (SSSR count). The van der Waals surface area contributed by atoms with Crippen LogP contribution in [0.15, 0.2) is 24.3 Å². The molecule has 1 aromatic carbocycles. The molecule has 0 saturated heterocycles. The fraction of sp³-hybridized carbons (Fsp3) is 0.529. The maximum Gasteiger partial charge on any atom is 0.408 e. The molecule has 0 radical (unpaired) electrons. The molecular weight excluding hydrogens is 296 g/mol. The highest BCUT2D eigenvalue weighted by atomic mass is 16.6. The van der Waals surface area contributed by atoms with Crippen molar-refractivity contribution in [2.75, 3.05) is 6.61 Å². The van der Waals surface area contributed by atoms with Crippen molar-refractivity contribution in [3.63, 3.8) is 0 Å². The second-order valence-corrected chi connectivity index (χ2v) is 6.18. The number of rotatable bonds is 6. The summed E-state index contributed by atoms with van der Waals surface area (Å²) >= 11 is 0. The van der Waals surface area contributed by atoms with Gasteiger partial charge >= 0.3 is 12.1 Å². The Balaban J connectivity index is 2.83. The fourth-order valence-corrected chi connectivity index (χ4v) is 2.01. The lowest BCUT2D eigenvalue weighted by Gasteiger charge is -2.23. The Morgan fingerprint density at radius 2 is 1.91 bits per heavy atom. The van der Waals surface area contributed by atoms with Gasteiger partial charge in [0.25, 0.3) is 0 Å². The molecule has 0 bridgehead atoms. The third kappa shape index (κ3) is 7.15. The van der Waals surface area contributed by atoms with Gasteiger partial charge in [0.15, 0.2) is 0 Å². The highest BCUT2D eigenvalue weighted by Crippen LogP contribution is 2.11. The van der Waals surface area contributed by atoms with Gasteiger partial charge in [-0.1, -0.05) is 24.3 Å². The van der Waals surface area contributed by atoms with Crippen molar-refractivity contribution in [2.24, 2.45) is 5.73 Å². The summed E-state index contributed by atoms with van der Waals surface area (Å²) in [7, 11) is 0. The number of nitrogens with one attached hydrogen (secondary N) is 1. The number of ether oxygens (including phenoxy) is 2. The molecule has 6 nitrogen and oxygen atoms in total. The molecule has 6 heteroatoms. The van der Waals surface area contributed by atoms with Crippen LogP contribution >= 0.6 is 0 Å². The molecule has 23 heavy (non-hydrogen) atoms. The Morgan fingerprint density at radius 1 is 1.26 bits per heavy atom. The molecule has 0 spiro atoms. The van der Waals surface area contributed by atoms with Crippen LogP contribution < -0.4 is 11.1 Å². The number of amides is 1. The highest BCUT2D eigenvalue weighted by Gasteiger charge is 2.25. The summed E-state index contributed by atoms with van der Waals surface area (Å²) in [6.45, 7) is 7.66. The first-order chi connectivity index (χ1) is 10.7. The normalized spacial score (nSPS) is 12.4. The average Bonchev–Trinajstić information content (AvgIpc) is 2.45. The van der Waals surface area contributed by atoms with E-state index < -0.39 is 23.7 Å². The molecule has 0 saturated carbocycles. The van der Waals surface area contributed by atoms with Crippen molar-refractivity contribution in [1.29, 1.82) is 0 Å². The minimum atomic E-state index is -0.808. The molecule has 0 aliphatic heterocycles. The molecule has 0 aromatic heterocycles. The van der Waals surface area contributed by atoms with Crippen LogP contribution in [0.2, 0.25) is 0 Å². The van der Waals surface area contributed by atoms with E-state index in [0.29, 0.717) is 13.0 Å². The monoisotopic (exact) mass is 322 g/mol. The highest BCUT2D eigenvalue weighted by molar-refractivity contribution is 5.81. The zero-order chi connectivity index (χ0) is 17.5. The van der Waals surface area contributed by atoms with E-state index in [1.165, 1.54) is 0 Å². The fourth-order valence-electron chi connectivity index (χ4n) is 2.01. The van der Waals surface area contributed by atoms with Crippen molar-refractivity contribution in [1.82, 2.24) is 5.32 Å². The summed E-state index contributed by atoms with van der Waals surface area (Å²) in [5, 5.41) is 2.58. The van der Waals surface area contributed by atoms with Gasteiger partial charge in [-0.05, 0) is 38.8 Å². The zero-order valence-electron chi connectivity index (χ0n) is 14.2. The number of hydrogen-bond donors (Lipinski definition) is 2. The number of nitrogens with two attached hydrogens (primary N) is 1. The van der Waals surface area contributed by atoms with E-state index in [-0.39, 0.29) is 6.61 Å². The van der Waals surface area contributed by atoms with Crippen molar-refractivity contribution in [3.05, 3.63) is 35.4 Å². The summed E-state index contributed by atoms with van der Waals surface area (Å²) in [4.78, 5) is 24.0. The first kappa shape index (κ1) is 19.0. The van der Waals surface area contributed by atoms with Gasteiger partial charge in [-0.2, -0.15) is 0 Å². The summed E-state index contributed by atoms with van der Waals surface area (Å²) < 4.78 is 10.2. The molecule has 0 unspecified atom stereocenters. The Kier molecular flexibility index (Phi) is 7.03. The van der Waals surface area contributed by atoms with Crippen molar-refractivity contribution in [3.8, 4) is 0 Å². The minimum Gasteiger partial charge on any atom is -0.464 e. The minimum absolute atomic E-state index is 0.244. The number of carbonyl (C=O) groups excluding carboxylic acids is 2. The second-order valence-electron chi connectivity index (χ2n) is 6.18. The maximum absolute atomic E-state index is 12.1. The van der Waals surface area contributed by atoms with E-state index in [2.05, 4.69) is 5.32 Å². The smallest absolute Gasteiger partial charge is 0.408 e. The molecule has 0 aliphatic carbocycles. The first-order valence-electron chi connectivity index (χ1n) is 7.69. The van der Waals surface area contributed by atoms with Crippen LogP contribution in [0.5, 0.6) is 0 Å². The predicted octanol–water partition coefficient (Wildman–Crippen LogP) is 2.14. The maximum atomic E-state index is 12.1. The van der Waals surface area contributed by atoms with E-state index in [1.54, 1.807) is 27.7 Å². The third-order valence-corrected chi connectivity index (χ3v) is 2.93. The average molecular weight is 322 g/mol. The van der Waals surface area contributed by atoms with Gasteiger partial charge in [0.05, 0.1) is 6.61 Å². The lowest BCUT2D eigenvalue weighted by Crippen LogP contribution is -2.45. The van der Waals surface area contributed by atoms with Gasteiger partial charge in [-0.15, -0.1) is 0 Å². The van der Waals surface area contributed by atoms with E-state index >= 15 is 0 Å². The van der Waals surface area contributed by atoms with Crippen LogP contribution in [0.3, 0.4) is 0 Å². The lowest BCUT2D eigenvalue weighted by atomic mass is 10.0. The van der Waals surface area contributed by atoms with E-state index in [0.717, 1.165) is 11.1 Å². The molecule has 1 amide bonds. The Hall–Kier alpha value is -2.08. The zero-order valence-corrected chi connectivity index (χ0v) is 14.2. The number of alkyl carbamates (subject to hydrolysis) is 1. The van der Waals surface area contributed by atoms with Gasteiger partial charge in [0.2, 0.25) is 0 Å². The number of carbonyl (C=O) groups is 2. The van der Waals surface area contributed by atoms with Crippen LogP contribution in [-0.4, -0.2) is 30.3 Å². The third-order valence-electron chi connectivity index (χ3n) is 2.93. The molecule has 128 valence electrons. The summed E-state index contributed by atoms with van der Waals surface area (Å²) in [5.41, 5.74) is 6.84. The van der Waals surface area contributed by atoms with Gasteiger partial charge in [-0.3, -0.25) is 0 Å². The van der Waals surface area contributed by atoms with E-state index in [4.69, 9.17) is 15.2 Å². The van der Waals surface area contributed by atoms with Crippen LogP contribution in [0.4, 0.5) is 4.79 Å². The molecule has 1 aromatic rings. The Morgan fingerprint density at radius 3 is 2.48 bits per heavy atom. The van der Waals surface area contributed by atoms with Crippen molar-refractivity contribution >= 4 is 12.1 Å². The van der Waals surface area contributed by atoms with Crippen LogP contribution in [0.1, 0.15) is 38.8 Å². The quantitative estimate of drug-likeness (QED) is 0.783. The van der Waals surface area contributed by atoms with Crippen LogP contribution in [-0.2, 0) is 27.2 Å². The molecule has 0 aliphatic rings. The lowest BCUT2D eigenvalue weighted by molar-refractivity contribution is -0.145. The molecular formula is C17H26N2O4. The first-order valence-corrected chi connectivity index (χ1v) is 7.69. The predicted molar refractivity (Wildman–Crippen MR) is 87.8 cm³/mol. The Bertz CT molecular complexity index is 538. The van der Waals surface area contributed by atoms with Gasteiger partial charge in [-0.25, -0.2) is 9.59 Å². The van der Waals surface area contributed by atoms with E-state index in [1.807, 2.05) is 24.3 Å². The standard InChI is InChI=1S/C17H26N2O4/c1-5-22-15(20)14(19-16(21)23-17(2,3)4)10-12-7-6-8-13(9-12)11-18/h6-9,14H,5,10-11,18H2,1-4H3,(H,19,21)/t14-/m0/s1. The van der Waals surface area contributed by atoms with Crippen molar-refractivity contribution in [2.45, 2.75) is 52.3 Å². The van der Waals surface area contributed by atoms with Crippen LogP contribution in [0.25, 0.3) is 0 Å².